The molecule has 0 aliphatic rings. The molecule has 0 radical (unpaired) electrons. The standard InChI is InChI=1S/C53H90O6/c1-4-7-10-13-16-19-22-24-26-27-28-30-31-34-37-40-43-46-52(55)58-49-50(48-57-51(54)45-42-39-36-33-21-18-15-12-9-6-3)59-53(56)47-44-41-38-35-32-29-25-23-20-17-14-11-8-5-2/h14,16-17,19,23-26,28,30,34,37,50H,4-13,15,18,20-22,27,29,31-33,35-36,38-49H2,1-3H3/b17-14-,19-16-,25-23-,26-24-,30-28-,37-34-/t50-/m1/s1. The van der Waals surface area contributed by atoms with E-state index in [1.54, 1.807) is 0 Å². The van der Waals surface area contributed by atoms with Gasteiger partial charge in [0.15, 0.2) is 6.10 Å². The monoisotopic (exact) mass is 823 g/mol. The minimum absolute atomic E-state index is 0.0973. The van der Waals surface area contributed by atoms with E-state index in [-0.39, 0.29) is 37.5 Å². The smallest absolute Gasteiger partial charge is 0.306 e. The Kier molecular flexibility index (Phi) is 45.0. The van der Waals surface area contributed by atoms with Gasteiger partial charge in [-0.25, -0.2) is 0 Å². The second-order valence-electron chi connectivity index (χ2n) is 16.0. The summed E-state index contributed by atoms with van der Waals surface area (Å²) in [5, 5.41) is 0. The molecule has 0 saturated carbocycles. The minimum atomic E-state index is -0.801. The zero-order valence-electron chi connectivity index (χ0n) is 38.5. The maximum Gasteiger partial charge on any atom is 0.306 e. The van der Waals surface area contributed by atoms with Crippen molar-refractivity contribution in [3.63, 3.8) is 0 Å². The summed E-state index contributed by atoms with van der Waals surface area (Å²) in [5.41, 5.74) is 0. The van der Waals surface area contributed by atoms with Gasteiger partial charge in [0.1, 0.15) is 13.2 Å². The fraction of sp³-hybridized carbons (Fsp3) is 0.717. The van der Waals surface area contributed by atoms with Crippen LogP contribution in [0.2, 0.25) is 0 Å². The highest BCUT2D eigenvalue weighted by molar-refractivity contribution is 5.71. The van der Waals surface area contributed by atoms with E-state index in [1.165, 1.54) is 89.9 Å². The van der Waals surface area contributed by atoms with Crippen LogP contribution in [0.5, 0.6) is 0 Å². The molecule has 338 valence electrons. The predicted octanol–water partition coefficient (Wildman–Crippen LogP) is 15.9. The molecule has 1 atom stereocenters. The van der Waals surface area contributed by atoms with Crippen molar-refractivity contribution in [2.24, 2.45) is 0 Å². The van der Waals surface area contributed by atoms with E-state index >= 15 is 0 Å². The first-order chi connectivity index (χ1) is 29.0. The third-order valence-electron chi connectivity index (χ3n) is 10.2. The number of ether oxygens (including phenoxy) is 3. The number of esters is 3. The van der Waals surface area contributed by atoms with Gasteiger partial charge in [0.2, 0.25) is 0 Å². The van der Waals surface area contributed by atoms with Crippen molar-refractivity contribution in [3.8, 4) is 0 Å². The fourth-order valence-corrected chi connectivity index (χ4v) is 6.45. The van der Waals surface area contributed by atoms with Crippen LogP contribution in [0.25, 0.3) is 0 Å². The van der Waals surface area contributed by atoms with Gasteiger partial charge in [-0.05, 0) is 83.5 Å². The van der Waals surface area contributed by atoms with Crippen LogP contribution < -0.4 is 0 Å². The molecule has 59 heavy (non-hydrogen) atoms. The minimum Gasteiger partial charge on any atom is -0.462 e. The number of carbonyl (C=O) groups excluding carboxylic acids is 3. The van der Waals surface area contributed by atoms with Crippen molar-refractivity contribution in [3.05, 3.63) is 72.9 Å². The van der Waals surface area contributed by atoms with Gasteiger partial charge in [-0.3, -0.25) is 14.4 Å². The van der Waals surface area contributed by atoms with Crippen LogP contribution in [0.1, 0.15) is 226 Å². The van der Waals surface area contributed by atoms with Crippen molar-refractivity contribution in [1.82, 2.24) is 0 Å². The second-order valence-corrected chi connectivity index (χ2v) is 16.0. The predicted molar refractivity (Wildman–Crippen MR) is 251 cm³/mol. The van der Waals surface area contributed by atoms with Crippen LogP contribution in [-0.2, 0) is 28.6 Å². The van der Waals surface area contributed by atoms with E-state index in [2.05, 4.69) is 93.7 Å². The van der Waals surface area contributed by atoms with Gasteiger partial charge < -0.3 is 14.2 Å². The molecule has 0 spiro atoms. The number of unbranched alkanes of at least 4 members (excludes halogenated alkanes) is 20. The highest BCUT2D eigenvalue weighted by atomic mass is 16.6. The van der Waals surface area contributed by atoms with E-state index in [1.807, 2.05) is 0 Å². The molecule has 6 nitrogen and oxygen atoms in total. The Labute approximate surface area is 363 Å². The molecule has 0 bridgehead atoms. The SMILES string of the molecule is CCCC/C=C\C/C=C\CCCCCCCC(=O)O[C@@H](COC(=O)CCC/C=C\C/C=C\C/C=C\C/C=C\CCCCC)COC(=O)CCCCCCCCCCCC. The summed E-state index contributed by atoms with van der Waals surface area (Å²) in [4.78, 5) is 37.8. The maximum absolute atomic E-state index is 12.7. The summed E-state index contributed by atoms with van der Waals surface area (Å²) in [7, 11) is 0. The molecule has 0 aromatic heterocycles. The summed E-state index contributed by atoms with van der Waals surface area (Å²) in [6.45, 7) is 6.49. The first-order valence-electron chi connectivity index (χ1n) is 24.4. The molecule has 0 fully saturated rings. The maximum atomic E-state index is 12.7. The molecule has 0 unspecified atom stereocenters. The third kappa shape index (κ3) is 45.8. The highest BCUT2D eigenvalue weighted by Gasteiger charge is 2.19. The van der Waals surface area contributed by atoms with E-state index in [0.29, 0.717) is 19.3 Å². The Hall–Kier alpha value is -3.15. The summed E-state index contributed by atoms with van der Waals surface area (Å²) >= 11 is 0. The van der Waals surface area contributed by atoms with Gasteiger partial charge >= 0.3 is 17.9 Å². The van der Waals surface area contributed by atoms with Crippen LogP contribution in [-0.4, -0.2) is 37.2 Å². The van der Waals surface area contributed by atoms with Crippen LogP contribution in [0.15, 0.2) is 72.9 Å². The number of allylic oxidation sites excluding steroid dienone is 12. The molecular formula is C53H90O6. The van der Waals surface area contributed by atoms with Gasteiger partial charge in [-0.2, -0.15) is 0 Å². The molecule has 0 amide bonds. The number of hydrogen-bond acceptors (Lipinski definition) is 6. The molecule has 0 aromatic carbocycles. The molecule has 0 aromatic rings. The Morgan fingerprint density at radius 2 is 0.644 bits per heavy atom. The molecule has 0 heterocycles. The summed E-state index contributed by atoms with van der Waals surface area (Å²) in [6.07, 6.45) is 58.8. The lowest BCUT2D eigenvalue weighted by Gasteiger charge is -2.18. The van der Waals surface area contributed by atoms with Crippen molar-refractivity contribution < 1.29 is 28.6 Å². The largest absolute Gasteiger partial charge is 0.462 e. The average Bonchev–Trinajstić information content (AvgIpc) is 3.23. The van der Waals surface area contributed by atoms with Crippen molar-refractivity contribution >= 4 is 17.9 Å². The zero-order chi connectivity index (χ0) is 43.0. The van der Waals surface area contributed by atoms with Gasteiger partial charge in [0, 0.05) is 19.3 Å². The third-order valence-corrected chi connectivity index (χ3v) is 10.2. The van der Waals surface area contributed by atoms with Crippen LogP contribution >= 0.6 is 0 Å². The lowest BCUT2D eigenvalue weighted by molar-refractivity contribution is -0.167. The van der Waals surface area contributed by atoms with E-state index in [0.717, 1.165) is 89.9 Å². The summed E-state index contributed by atoms with van der Waals surface area (Å²) < 4.78 is 16.7. The average molecular weight is 823 g/mol. The second kappa shape index (κ2) is 47.5. The van der Waals surface area contributed by atoms with Crippen LogP contribution in [0.4, 0.5) is 0 Å². The highest BCUT2D eigenvalue weighted by Crippen LogP contribution is 2.13. The van der Waals surface area contributed by atoms with Gasteiger partial charge in [0.05, 0.1) is 0 Å². The molecule has 0 aliphatic carbocycles. The first-order valence-corrected chi connectivity index (χ1v) is 24.4. The Morgan fingerprint density at radius 1 is 0.339 bits per heavy atom. The lowest BCUT2D eigenvalue weighted by atomic mass is 10.1. The first kappa shape index (κ1) is 55.9. The fourth-order valence-electron chi connectivity index (χ4n) is 6.45. The molecule has 0 saturated heterocycles. The van der Waals surface area contributed by atoms with Gasteiger partial charge in [-0.15, -0.1) is 0 Å². The number of carbonyl (C=O) groups is 3. The van der Waals surface area contributed by atoms with Gasteiger partial charge in [0.25, 0.3) is 0 Å². The topological polar surface area (TPSA) is 78.9 Å². The molecule has 0 rings (SSSR count). The zero-order valence-corrected chi connectivity index (χ0v) is 38.5. The molecule has 6 heteroatoms. The van der Waals surface area contributed by atoms with Crippen LogP contribution in [0, 0.1) is 0 Å². The lowest BCUT2D eigenvalue weighted by Crippen LogP contribution is -2.30. The quantitative estimate of drug-likeness (QED) is 0.0264. The van der Waals surface area contributed by atoms with E-state index in [9.17, 15) is 14.4 Å². The van der Waals surface area contributed by atoms with E-state index < -0.39 is 6.10 Å². The Bertz CT molecular complexity index is 1130. The Morgan fingerprint density at radius 3 is 1.10 bits per heavy atom. The number of rotatable bonds is 43. The molecule has 0 aliphatic heterocycles. The Balaban J connectivity index is 4.48. The van der Waals surface area contributed by atoms with E-state index in [4.69, 9.17) is 14.2 Å². The van der Waals surface area contributed by atoms with Gasteiger partial charge in [-0.1, -0.05) is 196 Å². The summed E-state index contributed by atoms with van der Waals surface area (Å²) in [6, 6.07) is 0. The normalized spacial score (nSPS) is 12.7. The van der Waals surface area contributed by atoms with Crippen molar-refractivity contribution in [2.45, 2.75) is 232 Å². The molecular weight excluding hydrogens is 733 g/mol. The van der Waals surface area contributed by atoms with Crippen molar-refractivity contribution in [1.29, 1.82) is 0 Å². The van der Waals surface area contributed by atoms with Crippen LogP contribution in [0.3, 0.4) is 0 Å². The van der Waals surface area contributed by atoms with Crippen molar-refractivity contribution in [2.75, 3.05) is 13.2 Å². The number of hydrogen-bond donors (Lipinski definition) is 0. The molecule has 0 N–H and O–H groups in total. The summed E-state index contributed by atoms with van der Waals surface area (Å²) in [5.74, 6) is -0.974.